The number of aryl methyl sites for hydroxylation is 3. The maximum Gasteiger partial charge on any atom is 0.270 e. The van der Waals surface area contributed by atoms with E-state index < -0.39 is 11.8 Å². The normalized spacial score (nSPS) is 14.7. The minimum atomic E-state index is -0.503. The molecule has 0 bridgehead atoms. The largest absolute Gasteiger partial charge is 0.368 e. The molecule has 2 amide bonds. The van der Waals surface area contributed by atoms with Crippen LogP contribution in [0.1, 0.15) is 61.3 Å². The Kier molecular flexibility index (Phi) is 5.85. The number of aromatic nitrogens is 2. The molecule has 1 heterocycles. The van der Waals surface area contributed by atoms with Crippen LogP contribution in [-0.2, 0) is 13.0 Å². The van der Waals surface area contributed by atoms with E-state index in [0.29, 0.717) is 5.56 Å². The number of rotatable bonds is 5. The second kappa shape index (κ2) is 8.74. The van der Waals surface area contributed by atoms with E-state index in [9.17, 15) is 14.0 Å². The average molecular weight is 433 g/mol. The Labute approximate surface area is 185 Å². The summed E-state index contributed by atoms with van der Waals surface area (Å²) in [6.45, 7) is 3.88. The lowest BCUT2D eigenvalue weighted by Crippen LogP contribution is -2.30. The molecule has 8 heteroatoms. The number of anilines is 1. The van der Waals surface area contributed by atoms with Crippen molar-refractivity contribution in [1.29, 1.82) is 0 Å². The van der Waals surface area contributed by atoms with Crippen molar-refractivity contribution >= 4 is 17.8 Å². The van der Waals surface area contributed by atoms with Crippen molar-refractivity contribution in [1.82, 2.24) is 20.6 Å². The van der Waals surface area contributed by atoms with Gasteiger partial charge in [-0.15, -0.1) is 0 Å². The predicted octanol–water partition coefficient (Wildman–Crippen LogP) is 3.16. The summed E-state index contributed by atoms with van der Waals surface area (Å²) in [5.41, 5.74) is 10.5. The number of halogens is 1. The van der Waals surface area contributed by atoms with E-state index in [1.54, 1.807) is 19.1 Å². The molecule has 1 aliphatic carbocycles. The molecular weight excluding hydrogens is 409 g/mol. The molecule has 1 aliphatic rings. The SMILES string of the molecule is Cc1ccc2c(c1)CC[C@@H]2NC(=O)c1cc(C(=O)NCc2ccc(F)c(C)c2)nc(N)n1. The lowest BCUT2D eigenvalue weighted by atomic mass is 10.1. The summed E-state index contributed by atoms with van der Waals surface area (Å²) in [5, 5.41) is 5.69. The summed E-state index contributed by atoms with van der Waals surface area (Å²) < 4.78 is 13.4. The van der Waals surface area contributed by atoms with Gasteiger partial charge in [-0.05, 0) is 55.0 Å². The zero-order chi connectivity index (χ0) is 22.8. The summed E-state index contributed by atoms with van der Waals surface area (Å²) in [4.78, 5) is 33.4. The number of nitrogens with two attached hydrogens (primary N) is 1. The van der Waals surface area contributed by atoms with Gasteiger partial charge in [0.05, 0.1) is 6.04 Å². The Balaban J connectivity index is 1.45. The van der Waals surface area contributed by atoms with E-state index in [2.05, 4.69) is 26.7 Å². The number of nitrogens with zero attached hydrogens (tertiary/aromatic N) is 2. The van der Waals surface area contributed by atoms with Gasteiger partial charge in [-0.1, -0.05) is 35.9 Å². The number of amides is 2. The van der Waals surface area contributed by atoms with Crippen LogP contribution in [0, 0.1) is 19.7 Å². The van der Waals surface area contributed by atoms with Crippen LogP contribution in [0.4, 0.5) is 10.3 Å². The van der Waals surface area contributed by atoms with Gasteiger partial charge < -0.3 is 16.4 Å². The van der Waals surface area contributed by atoms with Gasteiger partial charge in [0.15, 0.2) is 0 Å². The molecule has 3 aromatic rings. The second-order valence-corrected chi connectivity index (χ2v) is 8.03. The summed E-state index contributed by atoms with van der Waals surface area (Å²) >= 11 is 0. The number of fused-ring (bicyclic) bond motifs is 1. The molecule has 4 N–H and O–H groups in total. The van der Waals surface area contributed by atoms with Gasteiger partial charge in [-0.2, -0.15) is 0 Å². The molecule has 164 valence electrons. The van der Waals surface area contributed by atoms with Crippen molar-refractivity contribution in [3.8, 4) is 0 Å². The third-order valence-electron chi connectivity index (χ3n) is 5.57. The Morgan fingerprint density at radius 1 is 1.06 bits per heavy atom. The molecule has 0 saturated heterocycles. The fourth-order valence-corrected chi connectivity index (χ4v) is 3.92. The quantitative estimate of drug-likeness (QED) is 0.573. The fraction of sp³-hybridized carbons (Fsp3) is 0.250. The fourth-order valence-electron chi connectivity index (χ4n) is 3.92. The van der Waals surface area contributed by atoms with Crippen LogP contribution in [0.5, 0.6) is 0 Å². The molecule has 0 fully saturated rings. The maximum atomic E-state index is 13.4. The van der Waals surface area contributed by atoms with E-state index in [-0.39, 0.29) is 35.7 Å². The van der Waals surface area contributed by atoms with Crippen LogP contribution in [0.3, 0.4) is 0 Å². The number of benzene rings is 2. The van der Waals surface area contributed by atoms with Gasteiger partial charge in [0.25, 0.3) is 11.8 Å². The summed E-state index contributed by atoms with van der Waals surface area (Å²) in [7, 11) is 0. The van der Waals surface area contributed by atoms with Gasteiger partial charge in [0.1, 0.15) is 17.2 Å². The molecule has 2 aromatic carbocycles. The molecule has 0 spiro atoms. The van der Waals surface area contributed by atoms with Crippen molar-refractivity contribution < 1.29 is 14.0 Å². The highest BCUT2D eigenvalue weighted by molar-refractivity contribution is 5.97. The summed E-state index contributed by atoms with van der Waals surface area (Å²) in [6.07, 6.45) is 1.69. The van der Waals surface area contributed by atoms with Crippen LogP contribution in [0.2, 0.25) is 0 Å². The van der Waals surface area contributed by atoms with Crippen molar-refractivity contribution in [2.45, 2.75) is 39.3 Å². The molecular formula is C24H24FN5O2. The number of nitrogens with one attached hydrogen (secondary N) is 2. The van der Waals surface area contributed by atoms with Crippen LogP contribution < -0.4 is 16.4 Å². The maximum absolute atomic E-state index is 13.4. The first kappa shape index (κ1) is 21.4. The molecule has 0 unspecified atom stereocenters. The van der Waals surface area contributed by atoms with Crippen molar-refractivity contribution in [3.05, 3.63) is 87.5 Å². The smallest absolute Gasteiger partial charge is 0.270 e. The third-order valence-corrected chi connectivity index (χ3v) is 5.57. The molecule has 1 aromatic heterocycles. The van der Waals surface area contributed by atoms with Gasteiger partial charge in [0.2, 0.25) is 5.95 Å². The second-order valence-electron chi connectivity index (χ2n) is 8.03. The number of hydrogen-bond acceptors (Lipinski definition) is 5. The van der Waals surface area contributed by atoms with Gasteiger partial charge in [-0.25, -0.2) is 14.4 Å². The lowest BCUT2D eigenvalue weighted by molar-refractivity contribution is 0.0931. The van der Waals surface area contributed by atoms with E-state index in [1.807, 2.05) is 19.1 Å². The molecule has 0 saturated carbocycles. The standard InChI is InChI=1S/C24H24FN5O2/c1-13-3-6-17-16(9-13)5-8-19(17)28-23(32)21-11-20(29-24(26)30-21)22(31)27-12-15-4-7-18(25)14(2)10-15/h3-4,6-7,9-11,19H,5,8,12H2,1-2H3,(H,27,31)(H,28,32)(H2,26,29,30)/t19-/m0/s1. The highest BCUT2D eigenvalue weighted by Gasteiger charge is 2.25. The van der Waals surface area contributed by atoms with Gasteiger partial charge in [-0.3, -0.25) is 9.59 Å². The van der Waals surface area contributed by atoms with E-state index >= 15 is 0 Å². The van der Waals surface area contributed by atoms with E-state index in [0.717, 1.165) is 24.0 Å². The Morgan fingerprint density at radius 3 is 2.56 bits per heavy atom. The Bertz CT molecular complexity index is 1210. The van der Waals surface area contributed by atoms with Crippen molar-refractivity contribution in [2.75, 3.05) is 5.73 Å². The van der Waals surface area contributed by atoms with Crippen molar-refractivity contribution in [2.24, 2.45) is 0 Å². The molecule has 1 atom stereocenters. The molecule has 0 radical (unpaired) electrons. The molecule has 32 heavy (non-hydrogen) atoms. The van der Waals surface area contributed by atoms with Gasteiger partial charge in [0, 0.05) is 12.6 Å². The lowest BCUT2D eigenvalue weighted by Gasteiger charge is -2.14. The summed E-state index contributed by atoms with van der Waals surface area (Å²) in [5.74, 6) is -1.39. The van der Waals surface area contributed by atoms with E-state index in [1.165, 1.54) is 23.3 Å². The first-order valence-corrected chi connectivity index (χ1v) is 10.4. The minimum absolute atomic E-state index is 0.0102. The molecule has 4 rings (SSSR count). The Morgan fingerprint density at radius 2 is 1.81 bits per heavy atom. The number of hydrogen-bond donors (Lipinski definition) is 3. The minimum Gasteiger partial charge on any atom is -0.368 e. The topological polar surface area (TPSA) is 110 Å². The zero-order valence-electron chi connectivity index (χ0n) is 17.9. The van der Waals surface area contributed by atoms with Gasteiger partial charge >= 0.3 is 0 Å². The monoisotopic (exact) mass is 433 g/mol. The predicted molar refractivity (Wildman–Crippen MR) is 118 cm³/mol. The first-order chi connectivity index (χ1) is 15.3. The molecule has 0 aliphatic heterocycles. The van der Waals surface area contributed by atoms with E-state index in [4.69, 9.17) is 5.73 Å². The van der Waals surface area contributed by atoms with Crippen LogP contribution in [0.25, 0.3) is 0 Å². The number of carbonyl (C=O) groups excluding carboxylic acids is 2. The third kappa shape index (κ3) is 4.59. The highest BCUT2D eigenvalue weighted by Crippen LogP contribution is 2.31. The molecule has 7 nitrogen and oxygen atoms in total. The van der Waals surface area contributed by atoms with Crippen LogP contribution in [0.15, 0.2) is 42.5 Å². The highest BCUT2D eigenvalue weighted by atomic mass is 19.1. The first-order valence-electron chi connectivity index (χ1n) is 10.4. The Hall–Kier alpha value is -3.81. The summed E-state index contributed by atoms with van der Waals surface area (Å²) in [6, 6.07) is 12.0. The number of carbonyl (C=O) groups is 2. The van der Waals surface area contributed by atoms with Crippen molar-refractivity contribution in [3.63, 3.8) is 0 Å². The van der Waals surface area contributed by atoms with Crippen LogP contribution >= 0.6 is 0 Å². The van der Waals surface area contributed by atoms with Crippen LogP contribution in [-0.4, -0.2) is 21.8 Å². The zero-order valence-corrected chi connectivity index (χ0v) is 17.9. The number of nitrogen functional groups attached to an aromatic ring is 1. The average Bonchev–Trinajstić information content (AvgIpc) is 3.15.